The van der Waals surface area contributed by atoms with Crippen LogP contribution in [0.25, 0.3) is 10.2 Å². The van der Waals surface area contributed by atoms with E-state index in [0.29, 0.717) is 22.2 Å². The Hall–Kier alpha value is -1.18. The van der Waals surface area contributed by atoms with Gasteiger partial charge in [-0.3, -0.25) is 0 Å². The molecule has 4 rings (SSSR count). The van der Waals surface area contributed by atoms with Crippen LogP contribution in [0, 0.1) is 0 Å². The molecule has 1 saturated heterocycles. The van der Waals surface area contributed by atoms with Crippen LogP contribution < -0.4 is 0 Å². The predicted octanol–water partition coefficient (Wildman–Crippen LogP) is 5.27. The van der Waals surface area contributed by atoms with E-state index in [1.165, 1.54) is 0 Å². The van der Waals surface area contributed by atoms with Gasteiger partial charge in [0, 0.05) is 6.54 Å². The molecule has 2 heterocycles. The van der Waals surface area contributed by atoms with Crippen molar-refractivity contribution in [3.8, 4) is 0 Å². The highest BCUT2D eigenvalue weighted by Gasteiger charge is 2.37. The smallest absolute Gasteiger partial charge is 0.218 e. The lowest BCUT2D eigenvalue weighted by Crippen LogP contribution is -2.31. The molecule has 136 valence electrons. The standard InChI is InChI=1S/C18H16Cl2N2O2S2/c19-13-8-7-12(10-14(13)20)11-26(23,24)22-9-3-5-16(22)18-21-15-4-1-2-6-17(15)25-18/h1-2,4,6-8,10,16H,3,5,9,11H2. The van der Waals surface area contributed by atoms with E-state index in [1.54, 1.807) is 33.8 Å². The number of para-hydroxylation sites is 1. The normalized spacial score (nSPS) is 18.6. The molecular formula is C18H16Cl2N2O2S2. The average Bonchev–Trinajstić information content (AvgIpc) is 3.24. The Bertz CT molecular complexity index is 1030. The van der Waals surface area contributed by atoms with Gasteiger partial charge in [-0.05, 0) is 42.7 Å². The molecule has 0 saturated carbocycles. The summed E-state index contributed by atoms with van der Waals surface area (Å²) in [7, 11) is -3.48. The highest BCUT2D eigenvalue weighted by atomic mass is 35.5. The molecule has 4 nitrogen and oxygen atoms in total. The monoisotopic (exact) mass is 426 g/mol. The van der Waals surface area contributed by atoms with Gasteiger partial charge in [0.2, 0.25) is 10.0 Å². The van der Waals surface area contributed by atoms with Crippen molar-refractivity contribution in [2.24, 2.45) is 0 Å². The van der Waals surface area contributed by atoms with Crippen molar-refractivity contribution < 1.29 is 8.42 Å². The number of hydrogen-bond donors (Lipinski definition) is 0. The minimum Gasteiger partial charge on any atom is -0.239 e. The van der Waals surface area contributed by atoms with Gasteiger partial charge in [0.1, 0.15) is 5.01 Å². The Morgan fingerprint density at radius 3 is 2.73 bits per heavy atom. The number of sulfonamides is 1. The molecule has 0 N–H and O–H groups in total. The summed E-state index contributed by atoms with van der Waals surface area (Å²) in [6.45, 7) is 0.518. The maximum Gasteiger partial charge on any atom is 0.218 e. The zero-order valence-corrected chi connectivity index (χ0v) is 16.9. The number of halogens is 2. The highest BCUT2D eigenvalue weighted by molar-refractivity contribution is 7.88. The van der Waals surface area contributed by atoms with Gasteiger partial charge in [0.05, 0.1) is 32.1 Å². The fourth-order valence-corrected chi connectivity index (χ4v) is 6.54. The SMILES string of the molecule is O=S(=O)(Cc1ccc(Cl)c(Cl)c1)N1CCCC1c1nc2ccccc2s1. The van der Waals surface area contributed by atoms with E-state index >= 15 is 0 Å². The second-order valence-electron chi connectivity index (χ2n) is 6.29. The molecule has 1 fully saturated rings. The maximum absolute atomic E-state index is 13.0. The van der Waals surface area contributed by atoms with Gasteiger partial charge in [-0.25, -0.2) is 13.4 Å². The molecule has 1 unspecified atom stereocenters. The van der Waals surface area contributed by atoms with E-state index in [0.717, 1.165) is 28.1 Å². The van der Waals surface area contributed by atoms with Crippen molar-refractivity contribution in [1.82, 2.24) is 9.29 Å². The Kier molecular flexibility index (Phi) is 4.96. The Morgan fingerprint density at radius 1 is 1.15 bits per heavy atom. The van der Waals surface area contributed by atoms with Crippen molar-refractivity contribution in [1.29, 1.82) is 0 Å². The molecule has 0 aliphatic carbocycles. The molecule has 1 aromatic heterocycles. The topological polar surface area (TPSA) is 50.3 Å². The highest BCUT2D eigenvalue weighted by Crippen LogP contribution is 2.39. The van der Waals surface area contributed by atoms with Crippen LogP contribution in [0.3, 0.4) is 0 Å². The second-order valence-corrected chi connectivity index (χ2v) is 10.1. The van der Waals surface area contributed by atoms with E-state index < -0.39 is 10.0 Å². The summed E-state index contributed by atoms with van der Waals surface area (Å²) in [6.07, 6.45) is 1.63. The quantitative estimate of drug-likeness (QED) is 0.570. The van der Waals surface area contributed by atoms with Crippen molar-refractivity contribution in [3.05, 3.63) is 63.1 Å². The molecule has 0 bridgehead atoms. The third-order valence-electron chi connectivity index (χ3n) is 4.49. The zero-order chi connectivity index (χ0) is 18.3. The molecule has 2 aromatic carbocycles. The van der Waals surface area contributed by atoms with Gasteiger partial charge >= 0.3 is 0 Å². The predicted molar refractivity (Wildman–Crippen MR) is 107 cm³/mol. The molecule has 26 heavy (non-hydrogen) atoms. The second kappa shape index (κ2) is 7.09. The number of aromatic nitrogens is 1. The summed E-state index contributed by atoms with van der Waals surface area (Å²) in [5.74, 6) is -0.0920. The Balaban J connectivity index is 1.63. The minimum atomic E-state index is -3.48. The molecule has 3 aromatic rings. The van der Waals surface area contributed by atoms with Gasteiger partial charge in [-0.2, -0.15) is 4.31 Å². The van der Waals surface area contributed by atoms with E-state index in [1.807, 2.05) is 24.3 Å². The number of thiazole rings is 1. The fraction of sp³-hybridized carbons (Fsp3) is 0.278. The lowest BCUT2D eigenvalue weighted by atomic mass is 10.2. The summed E-state index contributed by atoms with van der Waals surface area (Å²) < 4.78 is 28.7. The summed E-state index contributed by atoms with van der Waals surface area (Å²) in [6, 6.07) is 12.6. The van der Waals surface area contributed by atoms with Gasteiger partial charge in [0.15, 0.2) is 0 Å². The Morgan fingerprint density at radius 2 is 1.96 bits per heavy atom. The number of rotatable bonds is 4. The Labute approximate surface area is 166 Å². The van der Waals surface area contributed by atoms with Crippen LogP contribution in [-0.2, 0) is 15.8 Å². The van der Waals surface area contributed by atoms with E-state index in [2.05, 4.69) is 4.98 Å². The zero-order valence-electron chi connectivity index (χ0n) is 13.7. The van der Waals surface area contributed by atoms with Crippen LogP contribution >= 0.6 is 34.5 Å². The van der Waals surface area contributed by atoms with Crippen LogP contribution in [0.15, 0.2) is 42.5 Å². The number of hydrogen-bond acceptors (Lipinski definition) is 4. The molecule has 0 radical (unpaired) electrons. The molecule has 1 atom stereocenters. The van der Waals surface area contributed by atoms with Gasteiger partial charge in [-0.15, -0.1) is 11.3 Å². The van der Waals surface area contributed by atoms with Gasteiger partial charge < -0.3 is 0 Å². The van der Waals surface area contributed by atoms with Crippen molar-refractivity contribution in [2.75, 3.05) is 6.54 Å². The minimum absolute atomic E-state index is 0.0920. The molecule has 0 spiro atoms. The summed E-state index contributed by atoms with van der Waals surface area (Å²) in [5.41, 5.74) is 1.55. The van der Waals surface area contributed by atoms with Crippen molar-refractivity contribution in [3.63, 3.8) is 0 Å². The molecule has 1 aliphatic rings. The number of fused-ring (bicyclic) bond motifs is 1. The lowest BCUT2D eigenvalue weighted by molar-refractivity contribution is 0.395. The third-order valence-corrected chi connectivity index (χ3v) is 8.22. The summed E-state index contributed by atoms with van der Waals surface area (Å²) in [5, 5.41) is 1.64. The first-order valence-electron chi connectivity index (χ1n) is 8.23. The first kappa shape index (κ1) is 18.2. The maximum atomic E-state index is 13.0. The molecular weight excluding hydrogens is 411 g/mol. The summed E-state index contributed by atoms with van der Waals surface area (Å²) in [4.78, 5) is 4.67. The molecule has 1 aliphatic heterocycles. The molecule has 8 heteroatoms. The average molecular weight is 427 g/mol. The van der Waals surface area contributed by atoms with Crippen molar-refractivity contribution >= 4 is 54.8 Å². The van der Waals surface area contributed by atoms with Crippen molar-refractivity contribution in [2.45, 2.75) is 24.6 Å². The van der Waals surface area contributed by atoms with Crippen LogP contribution in [-0.4, -0.2) is 24.3 Å². The van der Waals surface area contributed by atoms with Gasteiger partial charge in [-0.1, -0.05) is 41.4 Å². The van der Waals surface area contributed by atoms with Crippen LogP contribution in [0.5, 0.6) is 0 Å². The van der Waals surface area contributed by atoms with Gasteiger partial charge in [0.25, 0.3) is 0 Å². The first-order chi connectivity index (χ1) is 12.4. The first-order valence-corrected chi connectivity index (χ1v) is 11.4. The van der Waals surface area contributed by atoms with Crippen LogP contribution in [0.2, 0.25) is 10.0 Å². The largest absolute Gasteiger partial charge is 0.239 e. The summed E-state index contributed by atoms with van der Waals surface area (Å²) >= 11 is 13.5. The fourth-order valence-electron chi connectivity index (χ4n) is 3.28. The van der Waals surface area contributed by atoms with E-state index in [4.69, 9.17) is 23.2 Å². The number of nitrogens with zero attached hydrogens (tertiary/aromatic N) is 2. The lowest BCUT2D eigenvalue weighted by Gasteiger charge is -2.22. The van der Waals surface area contributed by atoms with E-state index in [9.17, 15) is 8.42 Å². The molecule has 0 amide bonds. The van der Waals surface area contributed by atoms with Crippen LogP contribution in [0.1, 0.15) is 29.5 Å². The van der Waals surface area contributed by atoms with E-state index in [-0.39, 0.29) is 11.8 Å². The van der Waals surface area contributed by atoms with Crippen LogP contribution in [0.4, 0.5) is 0 Å². The third kappa shape index (κ3) is 3.49. The number of benzene rings is 2.